The van der Waals surface area contributed by atoms with E-state index in [-0.39, 0.29) is 0 Å². The molecule has 1 aliphatic heterocycles. The zero-order chi connectivity index (χ0) is 8.39. The van der Waals surface area contributed by atoms with E-state index in [1.807, 2.05) is 16.9 Å². The second-order valence-electron chi connectivity index (χ2n) is 2.91. The Morgan fingerprint density at radius 3 is 3.08 bits per heavy atom. The van der Waals surface area contributed by atoms with Gasteiger partial charge in [-0.15, -0.1) is 5.10 Å². The van der Waals surface area contributed by atoms with E-state index in [2.05, 4.69) is 17.3 Å². The van der Waals surface area contributed by atoms with Crippen LogP contribution in [-0.2, 0) is 6.54 Å². The summed E-state index contributed by atoms with van der Waals surface area (Å²) in [4.78, 5) is 0. The molecule has 12 heavy (non-hydrogen) atoms. The summed E-state index contributed by atoms with van der Waals surface area (Å²) in [7, 11) is 0. The molecule has 0 unspecified atom stereocenters. The van der Waals surface area contributed by atoms with Crippen LogP contribution in [0.5, 0.6) is 5.88 Å². The van der Waals surface area contributed by atoms with Gasteiger partial charge in [0.1, 0.15) is 6.10 Å². The lowest BCUT2D eigenvalue weighted by molar-refractivity contribution is 0.135. The molecule has 2 rings (SSSR count). The molecule has 0 radical (unpaired) electrons. The van der Waals surface area contributed by atoms with Crippen LogP contribution in [0.15, 0.2) is 12.3 Å². The summed E-state index contributed by atoms with van der Waals surface area (Å²) in [5.74, 6) is 0.739. The van der Waals surface area contributed by atoms with Crippen LogP contribution in [0.25, 0.3) is 0 Å². The van der Waals surface area contributed by atoms with E-state index in [0.29, 0.717) is 6.10 Å². The van der Waals surface area contributed by atoms with Gasteiger partial charge in [-0.1, -0.05) is 0 Å². The topological polar surface area (TPSA) is 39.1 Å². The zero-order valence-electron chi connectivity index (χ0n) is 7.16. The fraction of sp³-hybridized carbons (Fsp3) is 0.625. The molecule has 4 nitrogen and oxygen atoms in total. The Kier molecular flexibility index (Phi) is 1.99. The predicted molar refractivity (Wildman–Crippen MR) is 45.2 cm³/mol. The van der Waals surface area contributed by atoms with E-state index in [1.165, 1.54) is 0 Å². The molecule has 0 aliphatic carbocycles. The standard InChI is InChI=1S/C8H13N3O/c1-2-11-4-3-8(10-11)12-7-5-9-6-7/h3-4,7,9H,2,5-6H2,1H3. The number of hydrogen-bond acceptors (Lipinski definition) is 3. The predicted octanol–water partition coefficient (Wildman–Crippen LogP) is 0.254. The van der Waals surface area contributed by atoms with Gasteiger partial charge in [0, 0.05) is 31.9 Å². The van der Waals surface area contributed by atoms with Crippen LogP contribution in [-0.4, -0.2) is 29.0 Å². The first-order valence-electron chi connectivity index (χ1n) is 4.29. The average Bonchev–Trinajstić information content (AvgIpc) is 2.44. The normalized spacial score (nSPS) is 17.4. The van der Waals surface area contributed by atoms with Crippen LogP contribution in [0.2, 0.25) is 0 Å². The summed E-state index contributed by atoms with van der Waals surface area (Å²) in [6, 6.07) is 1.90. The van der Waals surface area contributed by atoms with E-state index in [4.69, 9.17) is 4.74 Å². The van der Waals surface area contributed by atoms with Crippen LogP contribution in [0.3, 0.4) is 0 Å². The van der Waals surface area contributed by atoms with Gasteiger partial charge in [-0.05, 0) is 6.92 Å². The molecule has 1 aromatic rings. The van der Waals surface area contributed by atoms with Crippen molar-refractivity contribution < 1.29 is 4.74 Å². The number of rotatable bonds is 3. The van der Waals surface area contributed by atoms with Crippen LogP contribution in [0.1, 0.15) is 6.92 Å². The second kappa shape index (κ2) is 3.15. The Morgan fingerprint density at radius 1 is 1.75 bits per heavy atom. The van der Waals surface area contributed by atoms with Gasteiger partial charge in [-0.2, -0.15) is 0 Å². The lowest BCUT2D eigenvalue weighted by Gasteiger charge is -2.26. The Hall–Kier alpha value is -1.03. The molecule has 0 amide bonds. The van der Waals surface area contributed by atoms with E-state index in [0.717, 1.165) is 25.5 Å². The van der Waals surface area contributed by atoms with Crippen LogP contribution in [0.4, 0.5) is 0 Å². The highest BCUT2D eigenvalue weighted by Crippen LogP contribution is 2.09. The molecule has 1 aliphatic rings. The largest absolute Gasteiger partial charge is 0.471 e. The third kappa shape index (κ3) is 1.43. The summed E-state index contributed by atoms with van der Waals surface area (Å²) in [6.07, 6.45) is 2.26. The van der Waals surface area contributed by atoms with Crippen molar-refractivity contribution in [1.29, 1.82) is 0 Å². The van der Waals surface area contributed by atoms with E-state index < -0.39 is 0 Å². The highest BCUT2D eigenvalue weighted by atomic mass is 16.5. The fourth-order valence-electron chi connectivity index (χ4n) is 1.10. The molecule has 2 heterocycles. The van der Waals surface area contributed by atoms with Gasteiger partial charge >= 0.3 is 0 Å². The lowest BCUT2D eigenvalue weighted by atomic mass is 10.2. The molecule has 0 aromatic carbocycles. The van der Waals surface area contributed by atoms with Gasteiger partial charge in [0.05, 0.1) is 0 Å². The first kappa shape index (κ1) is 7.61. The maximum absolute atomic E-state index is 5.54. The van der Waals surface area contributed by atoms with Crippen molar-refractivity contribution in [2.75, 3.05) is 13.1 Å². The molecule has 66 valence electrons. The molecular formula is C8H13N3O. The van der Waals surface area contributed by atoms with Crippen molar-refractivity contribution in [2.45, 2.75) is 19.6 Å². The molecule has 0 spiro atoms. The van der Waals surface area contributed by atoms with E-state index in [9.17, 15) is 0 Å². The minimum Gasteiger partial charge on any atom is -0.471 e. The SMILES string of the molecule is CCn1ccc(OC2CNC2)n1. The molecule has 1 aromatic heterocycles. The van der Waals surface area contributed by atoms with Crippen molar-refractivity contribution >= 4 is 0 Å². The van der Waals surface area contributed by atoms with Gasteiger partial charge in [0.25, 0.3) is 0 Å². The Balaban J connectivity index is 1.93. The summed E-state index contributed by atoms with van der Waals surface area (Å²) in [5.41, 5.74) is 0. The quantitative estimate of drug-likeness (QED) is 0.701. The summed E-state index contributed by atoms with van der Waals surface area (Å²) >= 11 is 0. The van der Waals surface area contributed by atoms with E-state index in [1.54, 1.807) is 0 Å². The minimum absolute atomic E-state index is 0.324. The van der Waals surface area contributed by atoms with Crippen LogP contribution >= 0.6 is 0 Å². The van der Waals surface area contributed by atoms with Crippen molar-refractivity contribution in [3.05, 3.63) is 12.3 Å². The molecule has 0 bridgehead atoms. The average molecular weight is 167 g/mol. The zero-order valence-corrected chi connectivity index (χ0v) is 7.16. The third-order valence-electron chi connectivity index (χ3n) is 1.97. The van der Waals surface area contributed by atoms with Crippen molar-refractivity contribution in [1.82, 2.24) is 15.1 Å². The minimum atomic E-state index is 0.324. The van der Waals surface area contributed by atoms with Crippen LogP contribution < -0.4 is 10.1 Å². The second-order valence-corrected chi connectivity index (χ2v) is 2.91. The Morgan fingerprint density at radius 2 is 2.58 bits per heavy atom. The first-order chi connectivity index (χ1) is 5.88. The highest BCUT2D eigenvalue weighted by Gasteiger charge is 2.18. The molecule has 0 saturated carbocycles. The van der Waals surface area contributed by atoms with Crippen molar-refractivity contribution in [3.8, 4) is 5.88 Å². The first-order valence-corrected chi connectivity index (χ1v) is 4.29. The number of ether oxygens (including phenoxy) is 1. The smallest absolute Gasteiger partial charge is 0.233 e. The van der Waals surface area contributed by atoms with Gasteiger partial charge < -0.3 is 10.1 Å². The summed E-state index contributed by atoms with van der Waals surface area (Å²) in [5, 5.41) is 7.36. The lowest BCUT2D eigenvalue weighted by Crippen LogP contribution is -2.50. The highest BCUT2D eigenvalue weighted by molar-refractivity contribution is 5.07. The number of aryl methyl sites for hydroxylation is 1. The van der Waals surface area contributed by atoms with Crippen LogP contribution in [0, 0.1) is 0 Å². The Labute approximate surface area is 71.5 Å². The monoisotopic (exact) mass is 167 g/mol. The van der Waals surface area contributed by atoms with Gasteiger partial charge in [-0.3, -0.25) is 4.68 Å². The molecular weight excluding hydrogens is 154 g/mol. The maximum Gasteiger partial charge on any atom is 0.233 e. The Bertz CT molecular complexity index is 255. The number of hydrogen-bond donors (Lipinski definition) is 1. The number of nitrogens with one attached hydrogen (secondary N) is 1. The molecule has 0 atom stereocenters. The van der Waals surface area contributed by atoms with Gasteiger partial charge in [-0.25, -0.2) is 0 Å². The maximum atomic E-state index is 5.54. The fourth-order valence-corrected chi connectivity index (χ4v) is 1.10. The van der Waals surface area contributed by atoms with E-state index >= 15 is 0 Å². The van der Waals surface area contributed by atoms with Crippen molar-refractivity contribution in [2.24, 2.45) is 0 Å². The molecule has 1 saturated heterocycles. The molecule has 4 heteroatoms. The van der Waals surface area contributed by atoms with Crippen molar-refractivity contribution in [3.63, 3.8) is 0 Å². The summed E-state index contributed by atoms with van der Waals surface area (Å²) in [6.45, 7) is 4.84. The third-order valence-corrected chi connectivity index (χ3v) is 1.97. The molecule has 1 fully saturated rings. The van der Waals surface area contributed by atoms with Gasteiger partial charge in [0.2, 0.25) is 5.88 Å². The van der Waals surface area contributed by atoms with Gasteiger partial charge in [0.15, 0.2) is 0 Å². The number of aromatic nitrogens is 2. The molecule has 1 N–H and O–H groups in total. The summed E-state index contributed by atoms with van der Waals surface area (Å²) < 4.78 is 7.40. The number of nitrogens with zero attached hydrogens (tertiary/aromatic N) is 2.